The van der Waals surface area contributed by atoms with Crippen molar-refractivity contribution in [2.45, 2.75) is 163 Å². The minimum absolute atomic E-state index is 0.0269. The zero-order chi connectivity index (χ0) is 53.9. The summed E-state index contributed by atoms with van der Waals surface area (Å²) in [5.41, 5.74) is 16.6. The van der Waals surface area contributed by atoms with Crippen LogP contribution in [0.2, 0.25) is 0 Å². The number of carbonyl (C=O) groups is 6. The number of fused-ring (bicyclic) bond motifs is 4. The molecule has 2 fully saturated rings. The molecule has 3 aromatic carbocycles. The predicted molar refractivity (Wildman–Crippen MR) is 308 cm³/mol. The standard InChI is InChI=1S/C59H76N10O6S2/c60-58-65-47-37-76-50(55(47)67-58)21-9-11-23-52(72)62-28-13-1-3-18-45(70)34-39-31-40(35-46(71)19-4-2-14-29-63-53(73)24-12-10-22-51-56-48(38-77-51)66-59(61)68-56)33-44(32-39)57(75)64-30-27-54(74)69-36-43-17-6-5-15-41(43)25-26-42-16-7-8-20-49(42)69/h5-8,15-17,20,31-33,47-48,50-51,55-56H,1-4,9-14,18-19,21-24,27-30,34-38H2,(H,62,72)(H,63,73)(H,64,75)(H3,60,65,67)(H3,61,66,68). The van der Waals surface area contributed by atoms with Gasteiger partial charge in [0.2, 0.25) is 17.7 Å². The van der Waals surface area contributed by atoms with Crippen LogP contribution in [0.15, 0.2) is 76.7 Å². The number of unbranched alkanes of at least 4 members (excludes halogenated alkanes) is 6. The summed E-state index contributed by atoms with van der Waals surface area (Å²) in [6.45, 7) is 1.55. The lowest BCUT2D eigenvalue weighted by Crippen LogP contribution is -2.38. The van der Waals surface area contributed by atoms with Gasteiger partial charge in [-0.25, -0.2) is 9.98 Å². The minimum Gasteiger partial charge on any atom is -0.370 e. The Balaban J connectivity index is 0.766. The van der Waals surface area contributed by atoms with Gasteiger partial charge in [0.15, 0.2) is 11.9 Å². The van der Waals surface area contributed by atoms with Crippen LogP contribution in [0, 0.1) is 11.8 Å². The molecule has 0 saturated carbocycles. The molecule has 5 aliphatic heterocycles. The summed E-state index contributed by atoms with van der Waals surface area (Å²) in [6.07, 6.45) is 12.1. The highest BCUT2D eigenvalue weighted by atomic mass is 32.2. The van der Waals surface area contributed by atoms with Gasteiger partial charge in [0.25, 0.3) is 5.91 Å². The van der Waals surface area contributed by atoms with E-state index in [9.17, 15) is 28.8 Å². The van der Waals surface area contributed by atoms with E-state index < -0.39 is 5.91 Å². The number of nitrogens with zero attached hydrogens (tertiary/aromatic N) is 3. The summed E-state index contributed by atoms with van der Waals surface area (Å²) in [5.74, 6) is 9.16. The fraction of sp³-hybridized carbons (Fsp3) is 0.525. The molecular weight excluding hydrogens is 1010 g/mol. The molecule has 18 heteroatoms. The number of guanidine groups is 2. The van der Waals surface area contributed by atoms with E-state index in [1.54, 1.807) is 17.0 Å². The molecule has 6 atom stereocenters. The van der Waals surface area contributed by atoms with Crippen LogP contribution < -0.4 is 43.0 Å². The average molecular weight is 1090 g/mol. The highest BCUT2D eigenvalue weighted by Gasteiger charge is 2.41. The van der Waals surface area contributed by atoms with E-state index in [1.807, 2.05) is 78.1 Å². The number of amides is 4. The number of anilines is 1. The van der Waals surface area contributed by atoms with E-state index in [0.29, 0.717) is 115 Å². The number of thioether (sulfide) groups is 2. The topological polar surface area (TPSA) is 243 Å². The molecule has 8 rings (SSSR count). The number of rotatable bonds is 30. The highest BCUT2D eigenvalue weighted by Crippen LogP contribution is 2.36. The SMILES string of the molecule is NC1=NC2C(CSC2CCCCC(=O)NCCCCCC(=O)Cc2cc(CC(=O)CCCCCNC(=O)CCCCC3SCC4NC(N)=NC43)cc(C(=O)NCCC(=O)N3Cc4ccccc4C#Cc4ccccc43)c2)N1. The number of para-hydroxylation sites is 1. The van der Waals surface area contributed by atoms with Crippen LogP contribution in [0.4, 0.5) is 5.69 Å². The van der Waals surface area contributed by atoms with Gasteiger partial charge in [-0.2, -0.15) is 23.5 Å². The van der Waals surface area contributed by atoms with Crippen LogP contribution in [0.5, 0.6) is 0 Å². The average Bonchev–Trinajstić information content (AvgIpc) is 4.18. The van der Waals surface area contributed by atoms with E-state index in [-0.39, 0.29) is 67.2 Å². The number of ketones is 2. The molecular formula is C59H76N10O6S2. The normalized spacial score (nSPS) is 20.5. The van der Waals surface area contributed by atoms with Crippen LogP contribution >= 0.6 is 23.5 Å². The first kappa shape index (κ1) is 56.9. The summed E-state index contributed by atoms with van der Waals surface area (Å²) in [6, 6.07) is 21.7. The minimum atomic E-state index is -0.394. The first-order valence-electron chi connectivity index (χ1n) is 27.9. The fourth-order valence-corrected chi connectivity index (χ4v) is 13.9. The molecule has 16 nitrogen and oxygen atoms in total. The summed E-state index contributed by atoms with van der Waals surface area (Å²) < 4.78 is 0. The molecule has 9 N–H and O–H groups in total. The largest absolute Gasteiger partial charge is 0.370 e. The lowest BCUT2D eigenvalue weighted by atomic mass is 9.96. The third-order valence-corrected chi connectivity index (χ3v) is 17.9. The second-order valence-electron chi connectivity index (χ2n) is 20.9. The fourth-order valence-electron chi connectivity index (χ4n) is 10.9. The Morgan fingerprint density at radius 3 is 1.69 bits per heavy atom. The summed E-state index contributed by atoms with van der Waals surface area (Å²) in [4.78, 5) is 90.3. The van der Waals surface area contributed by atoms with Crippen LogP contribution in [-0.2, 0) is 43.4 Å². The monoisotopic (exact) mass is 1080 g/mol. The first-order valence-corrected chi connectivity index (χ1v) is 30.0. The molecule has 77 heavy (non-hydrogen) atoms. The molecule has 3 aromatic rings. The smallest absolute Gasteiger partial charge is 0.251 e. The number of hydrogen-bond acceptors (Lipinski definition) is 14. The number of aliphatic imine (C=N–C) groups is 2. The van der Waals surface area contributed by atoms with E-state index in [2.05, 4.69) is 48.4 Å². The number of Topliss-reactive ketones (excluding diaryl/α,β-unsaturated/α-hetero) is 2. The van der Waals surface area contributed by atoms with Crippen molar-refractivity contribution in [1.29, 1.82) is 0 Å². The second-order valence-corrected chi connectivity index (χ2v) is 23.5. The molecule has 0 bridgehead atoms. The molecule has 0 radical (unpaired) electrons. The lowest BCUT2D eigenvalue weighted by molar-refractivity contribution is -0.122. The van der Waals surface area contributed by atoms with Crippen LogP contribution in [0.3, 0.4) is 0 Å². The van der Waals surface area contributed by atoms with E-state index in [0.717, 1.165) is 92.4 Å². The van der Waals surface area contributed by atoms with Gasteiger partial charge in [0.05, 0.1) is 36.4 Å². The Morgan fingerprint density at radius 2 is 1.10 bits per heavy atom. The van der Waals surface area contributed by atoms with Crippen molar-refractivity contribution in [2.75, 3.05) is 36.0 Å². The molecule has 410 valence electrons. The number of carbonyl (C=O) groups excluding carboxylic acids is 6. The zero-order valence-electron chi connectivity index (χ0n) is 44.3. The van der Waals surface area contributed by atoms with Crippen molar-refractivity contribution >= 4 is 76.3 Å². The first-order chi connectivity index (χ1) is 37.4. The van der Waals surface area contributed by atoms with E-state index in [1.165, 1.54) is 0 Å². The van der Waals surface area contributed by atoms with Crippen molar-refractivity contribution in [3.63, 3.8) is 0 Å². The number of nitrogens with one attached hydrogen (secondary N) is 5. The lowest BCUT2D eigenvalue weighted by Gasteiger charge is -2.26. The number of nitrogens with two attached hydrogens (primary N) is 2. The molecule has 0 aromatic heterocycles. The van der Waals surface area contributed by atoms with Crippen LogP contribution in [0.25, 0.3) is 0 Å². The van der Waals surface area contributed by atoms with Gasteiger partial charge in [-0.15, -0.1) is 0 Å². The van der Waals surface area contributed by atoms with Crippen molar-refractivity contribution in [1.82, 2.24) is 26.6 Å². The molecule has 0 spiro atoms. The van der Waals surface area contributed by atoms with Gasteiger partial charge in [-0.1, -0.05) is 73.9 Å². The Hall–Kier alpha value is -6.32. The van der Waals surface area contributed by atoms with Gasteiger partial charge >= 0.3 is 0 Å². The van der Waals surface area contributed by atoms with Crippen LogP contribution in [-0.4, -0.2) is 113 Å². The maximum Gasteiger partial charge on any atom is 0.251 e. The van der Waals surface area contributed by atoms with Gasteiger partial charge in [0, 0.05) is 103 Å². The number of benzene rings is 3. The Kier molecular flexibility index (Phi) is 21.3. The molecule has 2 saturated heterocycles. The van der Waals surface area contributed by atoms with E-state index in [4.69, 9.17) is 11.5 Å². The molecule has 6 unspecified atom stereocenters. The Morgan fingerprint density at radius 1 is 0.584 bits per heavy atom. The van der Waals surface area contributed by atoms with Crippen molar-refractivity contribution in [3.05, 3.63) is 100 Å². The highest BCUT2D eigenvalue weighted by molar-refractivity contribution is 8.00. The third-order valence-electron chi connectivity index (χ3n) is 14.9. The summed E-state index contributed by atoms with van der Waals surface area (Å²) >= 11 is 3.87. The van der Waals surface area contributed by atoms with Gasteiger partial charge in [-0.3, -0.25) is 28.8 Å². The molecule has 4 amide bonds. The number of hydrogen-bond donors (Lipinski definition) is 7. The van der Waals surface area contributed by atoms with Gasteiger partial charge in [0.1, 0.15) is 11.6 Å². The second kappa shape index (κ2) is 28.9. The Bertz CT molecular complexity index is 2620. The van der Waals surface area contributed by atoms with Crippen molar-refractivity contribution in [3.8, 4) is 11.8 Å². The van der Waals surface area contributed by atoms with Gasteiger partial charge in [-0.05, 0) is 98.4 Å². The summed E-state index contributed by atoms with van der Waals surface area (Å²) in [5, 5.41) is 16.4. The maximum absolute atomic E-state index is 13.9. The molecule has 5 aliphatic rings. The van der Waals surface area contributed by atoms with Gasteiger partial charge < -0.3 is 43.0 Å². The quantitative estimate of drug-likeness (QED) is 0.0301. The molecule has 0 aliphatic carbocycles. The maximum atomic E-state index is 13.9. The molecule has 5 heterocycles. The zero-order valence-corrected chi connectivity index (χ0v) is 45.9. The Labute approximate surface area is 462 Å². The van der Waals surface area contributed by atoms with Crippen molar-refractivity contribution < 1.29 is 28.8 Å². The predicted octanol–water partition coefficient (Wildman–Crippen LogP) is 5.99. The van der Waals surface area contributed by atoms with Crippen molar-refractivity contribution in [2.24, 2.45) is 21.5 Å². The van der Waals surface area contributed by atoms with E-state index >= 15 is 0 Å². The van der Waals surface area contributed by atoms with Crippen LogP contribution in [0.1, 0.15) is 147 Å². The summed E-state index contributed by atoms with van der Waals surface area (Å²) in [7, 11) is 0. The third kappa shape index (κ3) is 17.1.